The van der Waals surface area contributed by atoms with Crippen molar-refractivity contribution in [2.75, 3.05) is 19.7 Å². The van der Waals surface area contributed by atoms with Crippen LogP contribution < -0.4 is 4.74 Å². The van der Waals surface area contributed by atoms with Gasteiger partial charge in [-0.25, -0.2) is 0 Å². The lowest BCUT2D eigenvalue weighted by molar-refractivity contribution is -0.142. The zero-order valence-electron chi connectivity index (χ0n) is 24.0. The first kappa shape index (κ1) is 27.7. The Kier molecular flexibility index (Phi) is 7.79. The number of fused-ring (bicyclic) bond motifs is 4. The van der Waals surface area contributed by atoms with E-state index in [0.717, 1.165) is 63.1 Å². The summed E-state index contributed by atoms with van der Waals surface area (Å²) in [5.74, 6) is 1.54. The van der Waals surface area contributed by atoms with Gasteiger partial charge in [0, 0.05) is 30.0 Å². The predicted molar refractivity (Wildman–Crippen MR) is 146 cm³/mol. The third kappa shape index (κ3) is 5.31. The second kappa shape index (κ2) is 10.1. The summed E-state index contributed by atoms with van der Waals surface area (Å²) in [4.78, 5) is 2.57. The number of hydrogen-bond acceptors (Lipinski definition) is 5. The number of ether oxygens (including phenoxy) is 2. The fourth-order valence-electron chi connectivity index (χ4n) is 6.89. The van der Waals surface area contributed by atoms with Gasteiger partial charge in [-0.05, 0) is 97.7 Å². The highest BCUT2D eigenvalue weighted by atomic mass is 16.5. The van der Waals surface area contributed by atoms with Gasteiger partial charge in [0.05, 0.1) is 17.8 Å². The fraction of sp³-hybridized carbons (Fsp3) is 0.806. The maximum Gasteiger partial charge on any atom is 0.162 e. The van der Waals surface area contributed by atoms with E-state index in [1.165, 1.54) is 24.8 Å². The molecule has 5 nitrogen and oxygen atoms in total. The van der Waals surface area contributed by atoms with E-state index in [-0.39, 0.29) is 17.4 Å². The van der Waals surface area contributed by atoms with Gasteiger partial charge >= 0.3 is 0 Å². The molecule has 0 unspecified atom stereocenters. The number of aliphatic hydroxyl groups is 1. The Morgan fingerprint density at radius 2 is 1.86 bits per heavy atom. The van der Waals surface area contributed by atoms with Gasteiger partial charge in [-0.1, -0.05) is 32.3 Å². The van der Waals surface area contributed by atoms with Crippen molar-refractivity contribution in [2.24, 2.45) is 5.92 Å². The third-order valence-corrected chi connectivity index (χ3v) is 9.30. The zero-order chi connectivity index (χ0) is 26.4. The molecule has 2 aliphatic carbocycles. The second-order valence-corrected chi connectivity index (χ2v) is 13.6. The number of phenolic OH excluding ortho intramolecular Hbond substituents is 1. The van der Waals surface area contributed by atoms with Crippen molar-refractivity contribution in [1.82, 2.24) is 4.90 Å². The third-order valence-electron chi connectivity index (χ3n) is 9.30. The van der Waals surface area contributed by atoms with Crippen LogP contribution >= 0.6 is 0 Å². The topological polar surface area (TPSA) is 62.2 Å². The van der Waals surface area contributed by atoms with Gasteiger partial charge in [-0.3, -0.25) is 4.90 Å². The molecule has 0 spiro atoms. The number of piperidine rings is 1. The average molecular weight is 502 g/mol. The summed E-state index contributed by atoms with van der Waals surface area (Å²) in [6.07, 6.45) is 9.34. The van der Waals surface area contributed by atoms with E-state index >= 15 is 0 Å². The standard InChI is InChI=1S/C31H51NO4/c1-8-9-15-31-16-18-32(21-22-11-10-12-22)25(30(31,7)34)20-23-13-14-24(27(33)26(23)31)36-29(5,6)17-19-35-28(2,3)4/h13-14,22,25,33-34H,8-12,15-21H2,1-7H3/t25-,30-,31+/m1/s1. The summed E-state index contributed by atoms with van der Waals surface area (Å²) in [7, 11) is 0. The van der Waals surface area contributed by atoms with Crippen LogP contribution in [-0.4, -0.2) is 57.7 Å². The molecule has 1 aromatic carbocycles. The molecule has 0 amide bonds. The summed E-state index contributed by atoms with van der Waals surface area (Å²) in [6.45, 7) is 17.2. The van der Waals surface area contributed by atoms with E-state index in [1.807, 2.05) is 13.0 Å². The van der Waals surface area contributed by atoms with Gasteiger partial charge in [-0.15, -0.1) is 0 Å². The molecule has 4 rings (SSSR count). The van der Waals surface area contributed by atoms with Crippen molar-refractivity contribution in [3.63, 3.8) is 0 Å². The Labute approximate surface area is 219 Å². The molecule has 36 heavy (non-hydrogen) atoms. The number of hydrogen-bond donors (Lipinski definition) is 2. The first-order valence-corrected chi connectivity index (χ1v) is 14.4. The van der Waals surface area contributed by atoms with E-state index in [0.29, 0.717) is 12.4 Å². The average Bonchev–Trinajstić information content (AvgIpc) is 2.72. The van der Waals surface area contributed by atoms with Crippen LogP contribution in [0, 0.1) is 5.92 Å². The summed E-state index contributed by atoms with van der Waals surface area (Å²) in [5.41, 5.74) is 0.0911. The highest BCUT2D eigenvalue weighted by molar-refractivity contribution is 5.57. The number of unbranched alkanes of at least 4 members (excludes halogenated alkanes) is 1. The van der Waals surface area contributed by atoms with Gasteiger partial charge in [0.25, 0.3) is 0 Å². The fourth-order valence-corrected chi connectivity index (χ4v) is 6.89. The minimum absolute atomic E-state index is 0.0911. The van der Waals surface area contributed by atoms with Crippen LogP contribution in [0.15, 0.2) is 12.1 Å². The number of benzene rings is 1. The van der Waals surface area contributed by atoms with Crippen molar-refractivity contribution in [1.29, 1.82) is 0 Å². The summed E-state index contributed by atoms with van der Waals surface area (Å²) < 4.78 is 12.4. The predicted octanol–water partition coefficient (Wildman–Crippen LogP) is 6.36. The molecule has 0 aromatic heterocycles. The maximum absolute atomic E-state index is 12.3. The van der Waals surface area contributed by atoms with Crippen molar-refractivity contribution in [3.8, 4) is 11.5 Å². The number of likely N-dealkylation sites (tertiary alicyclic amines) is 1. The number of nitrogens with zero attached hydrogens (tertiary/aromatic N) is 1. The van der Waals surface area contributed by atoms with Crippen LogP contribution in [0.1, 0.15) is 111 Å². The molecule has 1 saturated carbocycles. The van der Waals surface area contributed by atoms with Crippen LogP contribution in [0.2, 0.25) is 0 Å². The smallest absolute Gasteiger partial charge is 0.162 e. The molecule has 2 N–H and O–H groups in total. The van der Waals surface area contributed by atoms with Gasteiger partial charge in [-0.2, -0.15) is 0 Å². The summed E-state index contributed by atoms with van der Waals surface area (Å²) in [5, 5.41) is 24.0. The minimum atomic E-state index is -0.899. The normalized spacial score (nSPS) is 29.1. The highest BCUT2D eigenvalue weighted by Crippen LogP contribution is 2.58. The largest absolute Gasteiger partial charge is 0.504 e. The minimum Gasteiger partial charge on any atom is -0.504 e. The first-order valence-electron chi connectivity index (χ1n) is 14.4. The van der Waals surface area contributed by atoms with Crippen LogP contribution in [0.4, 0.5) is 0 Å². The van der Waals surface area contributed by atoms with Crippen LogP contribution in [-0.2, 0) is 16.6 Å². The Balaban J connectivity index is 1.65. The Morgan fingerprint density at radius 1 is 1.14 bits per heavy atom. The van der Waals surface area contributed by atoms with E-state index in [9.17, 15) is 10.2 Å². The zero-order valence-corrected chi connectivity index (χ0v) is 24.0. The molecule has 1 heterocycles. The van der Waals surface area contributed by atoms with Crippen molar-refractivity contribution >= 4 is 0 Å². The van der Waals surface area contributed by atoms with Gasteiger partial charge in [0.1, 0.15) is 5.60 Å². The number of rotatable bonds is 10. The first-order chi connectivity index (χ1) is 16.8. The summed E-state index contributed by atoms with van der Waals surface area (Å²) in [6, 6.07) is 4.19. The Hall–Kier alpha value is -1.30. The van der Waals surface area contributed by atoms with E-state index in [2.05, 4.69) is 52.5 Å². The quantitative estimate of drug-likeness (QED) is 0.390. The molecule has 1 aromatic rings. The molecule has 3 atom stereocenters. The second-order valence-electron chi connectivity index (χ2n) is 13.6. The lowest BCUT2D eigenvalue weighted by Gasteiger charge is -2.61. The molecular weight excluding hydrogens is 450 g/mol. The Bertz CT molecular complexity index is 914. The van der Waals surface area contributed by atoms with E-state index in [4.69, 9.17) is 9.47 Å². The van der Waals surface area contributed by atoms with Crippen LogP contribution in [0.25, 0.3) is 0 Å². The van der Waals surface area contributed by atoms with Crippen LogP contribution in [0.5, 0.6) is 11.5 Å². The van der Waals surface area contributed by atoms with Crippen LogP contribution in [0.3, 0.4) is 0 Å². The highest BCUT2D eigenvalue weighted by Gasteiger charge is 2.61. The molecule has 2 bridgehead atoms. The van der Waals surface area contributed by atoms with Crippen molar-refractivity contribution in [2.45, 2.75) is 135 Å². The number of aromatic hydroxyl groups is 1. The van der Waals surface area contributed by atoms with Gasteiger partial charge in [0.15, 0.2) is 11.5 Å². The lowest BCUT2D eigenvalue weighted by atomic mass is 9.53. The molecule has 2 fully saturated rings. The lowest BCUT2D eigenvalue weighted by Crippen LogP contribution is -2.70. The van der Waals surface area contributed by atoms with E-state index in [1.54, 1.807) is 0 Å². The molecule has 3 aliphatic rings. The molecule has 204 valence electrons. The Morgan fingerprint density at radius 3 is 2.47 bits per heavy atom. The molecule has 1 saturated heterocycles. The molecule has 5 heteroatoms. The summed E-state index contributed by atoms with van der Waals surface area (Å²) >= 11 is 0. The molecule has 1 aliphatic heterocycles. The molecular formula is C31H51NO4. The number of phenols is 1. The SMILES string of the molecule is CCCC[C@]12CCN(CC3CCC3)[C@H](Cc3ccc(OC(C)(C)CCOC(C)(C)C)c(O)c31)[C@@]2(C)O. The van der Waals surface area contributed by atoms with Gasteiger partial charge < -0.3 is 19.7 Å². The van der Waals surface area contributed by atoms with Crippen molar-refractivity contribution < 1.29 is 19.7 Å². The van der Waals surface area contributed by atoms with Gasteiger partial charge in [0.2, 0.25) is 0 Å². The maximum atomic E-state index is 12.3. The molecule has 0 radical (unpaired) electrons. The monoisotopic (exact) mass is 501 g/mol. The van der Waals surface area contributed by atoms with Crippen molar-refractivity contribution in [3.05, 3.63) is 23.3 Å². The van der Waals surface area contributed by atoms with E-state index < -0.39 is 16.6 Å².